The predicted octanol–water partition coefficient (Wildman–Crippen LogP) is 8.58. The Morgan fingerprint density at radius 2 is 1.14 bits per heavy atom. The second-order valence-electron chi connectivity index (χ2n) is 8.64. The lowest BCUT2D eigenvalue weighted by Crippen LogP contribution is -1.97. The highest BCUT2D eigenvalue weighted by Gasteiger charge is 2.17. The van der Waals surface area contributed by atoms with Crippen molar-refractivity contribution in [3.8, 4) is 33.9 Å². The molecule has 5 heteroatoms. The van der Waals surface area contributed by atoms with Gasteiger partial charge in [0.1, 0.15) is 11.2 Å². The van der Waals surface area contributed by atoms with E-state index in [1.54, 1.807) is 0 Å². The smallest absolute Gasteiger partial charge is 0.226 e. The van der Waals surface area contributed by atoms with E-state index in [2.05, 4.69) is 63.5 Å². The Hall–Kier alpha value is -4.54. The molecule has 2 heterocycles. The number of nitrogens with zero attached hydrogens (tertiary/aromatic N) is 3. The van der Waals surface area contributed by atoms with E-state index in [9.17, 15) is 0 Å². The summed E-state index contributed by atoms with van der Waals surface area (Å²) in [6, 6.07) is 36.8. The first kappa shape index (κ1) is 20.8. The van der Waals surface area contributed by atoms with Crippen LogP contribution in [0.5, 0.6) is 0 Å². The number of para-hydroxylation sites is 1. The lowest BCUT2D eigenvalue weighted by Gasteiger charge is -2.10. The van der Waals surface area contributed by atoms with Gasteiger partial charge >= 0.3 is 0 Å². The van der Waals surface area contributed by atoms with Crippen LogP contribution in [0.2, 0.25) is 5.28 Å². The number of fused-ring (bicyclic) bond motifs is 4. The average molecular weight is 484 g/mol. The molecule has 0 bridgehead atoms. The number of rotatable bonds is 3. The molecule has 36 heavy (non-hydrogen) atoms. The van der Waals surface area contributed by atoms with Crippen molar-refractivity contribution in [2.75, 3.05) is 0 Å². The molecular weight excluding hydrogens is 466 g/mol. The van der Waals surface area contributed by atoms with Crippen molar-refractivity contribution in [2.24, 2.45) is 0 Å². The van der Waals surface area contributed by atoms with Crippen molar-refractivity contribution in [3.05, 3.63) is 114 Å². The molecule has 170 valence electrons. The van der Waals surface area contributed by atoms with Crippen LogP contribution in [0.3, 0.4) is 0 Å². The summed E-state index contributed by atoms with van der Waals surface area (Å²) in [5.74, 6) is 1.09. The molecule has 0 aliphatic heterocycles. The summed E-state index contributed by atoms with van der Waals surface area (Å²) in [6.45, 7) is 0. The van der Waals surface area contributed by atoms with Crippen LogP contribution in [0, 0.1) is 0 Å². The van der Waals surface area contributed by atoms with Crippen LogP contribution < -0.4 is 0 Å². The zero-order valence-corrected chi connectivity index (χ0v) is 19.8. The van der Waals surface area contributed by atoms with Gasteiger partial charge in [-0.05, 0) is 40.1 Å². The maximum absolute atomic E-state index is 6.28. The highest BCUT2D eigenvalue weighted by molar-refractivity contribution is 6.28. The number of benzene rings is 5. The Labute approximate surface area is 211 Å². The summed E-state index contributed by atoms with van der Waals surface area (Å²) < 4.78 is 6.24. The van der Waals surface area contributed by atoms with E-state index >= 15 is 0 Å². The van der Waals surface area contributed by atoms with E-state index in [-0.39, 0.29) is 5.28 Å². The molecule has 0 saturated carbocycles. The molecular formula is C31H18ClN3O. The van der Waals surface area contributed by atoms with Crippen LogP contribution in [-0.2, 0) is 0 Å². The first-order valence-electron chi connectivity index (χ1n) is 11.7. The SMILES string of the molecule is Clc1nc(-c2ccccc2)nc(-c2ccc(-c3c4ccccc4cc4oc5ccccc5c34)cc2)n1. The quantitative estimate of drug-likeness (QED) is 0.252. The zero-order valence-electron chi connectivity index (χ0n) is 19.0. The third-order valence-corrected chi connectivity index (χ3v) is 6.63. The molecule has 7 aromatic rings. The van der Waals surface area contributed by atoms with Crippen molar-refractivity contribution in [2.45, 2.75) is 0 Å². The van der Waals surface area contributed by atoms with Crippen molar-refractivity contribution in [1.82, 2.24) is 15.0 Å². The first-order valence-corrected chi connectivity index (χ1v) is 12.0. The summed E-state index contributed by atoms with van der Waals surface area (Å²) in [7, 11) is 0. The summed E-state index contributed by atoms with van der Waals surface area (Å²) in [6.07, 6.45) is 0. The molecule has 0 N–H and O–H groups in total. The van der Waals surface area contributed by atoms with E-state index in [1.807, 2.05) is 60.7 Å². The molecule has 4 nitrogen and oxygen atoms in total. The van der Waals surface area contributed by atoms with Gasteiger partial charge in [0, 0.05) is 27.5 Å². The standard InChI is InChI=1S/C31H18ClN3O/c32-31-34-29(20-8-2-1-3-9-20)33-30(35-31)21-16-14-19(15-17-21)27-23-11-5-4-10-22(23)18-26-28(27)24-12-6-7-13-25(24)36-26/h1-18H. The van der Waals surface area contributed by atoms with Gasteiger partial charge in [-0.15, -0.1) is 0 Å². The molecule has 5 aromatic carbocycles. The number of halogens is 1. The number of hydrogen-bond acceptors (Lipinski definition) is 4. The second kappa shape index (κ2) is 8.29. The summed E-state index contributed by atoms with van der Waals surface area (Å²) in [5.41, 5.74) is 5.77. The molecule has 0 saturated heterocycles. The van der Waals surface area contributed by atoms with Gasteiger partial charge in [-0.2, -0.15) is 9.97 Å². The van der Waals surface area contributed by atoms with Gasteiger partial charge in [0.15, 0.2) is 11.6 Å². The van der Waals surface area contributed by atoms with Crippen molar-refractivity contribution in [1.29, 1.82) is 0 Å². The van der Waals surface area contributed by atoms with Gasteiger partial charge in [-0.25, -0.2) is 4.98 Å². The zero-order chi connectivity index (χ0) is 24.1. The third kappa shape index (κ3) is 3.43. The Morgan fingerprint density at radius 3 is 1.92 bits per heavy atom. The molecule has 2 aromatic heterocycles. The largest absolute Gasteiger partial charge is 0.456 e. The van der Waals surface area contributed by atoms with Crippen molar-refractivity contribution >= 4 is 44.3 Å². The molecule has 0 fully saturated rings. The average Bonchev–Trinajstić information content (AvgIpc) is 3.30. The van der Waals surface area contributed by atoms with Crippen LogP contribution in [0.1, 0.15) is 0 Å². The van der Waals surface area contributed by atoms with Crippen LogP contribution in [0.15, 0.2) is 114 Å². The van der Waals surface area contributed by atoms with E-state index in [0.717, 1.165) is 49.6 Å². The predicted molar refractivity (Wildman–Crippen MR) is 146 cm³/mol. The van der Waals surface area contributed by atoms with Crippen LogP contribution in [-0.4, -0.2) is 15.0 Å². The third-order valence-electron chi connectivity index (χ3n) is 6.46. The van der Waals surface area contributed by atoms with Crippen LogP contribution in [0.4, 0.5) is 0 Å². The summed E-state index contributed by atoms with van der Waals surface area (Å²) >= 11 is 6.28. The highest BCUT2D eigenvalue weighted by atomic mass is 35.5. The second-order valence-corrected chi connectivity index (χ2v) is 8.98. The van der Waals surface area contributed by atoms with E-state index in [1.165, 1.54) is 5.39 Å². The minimum absolute atomic E-state index is 0.170. The maximum atomic E-state index is 6.28. The van der Waals surface area contributed by atoms with Gasteiger partial charge in [0.25, 0.3) is 0 Å². The molecule has 0 atom stereocenters. The molecule has 0 aliphatic rings. The van der Waals surface area contributed by atoms with E-state index < -0.39 is 0 Å². The summed E-state index contributed by atoms with van der Waals surface area (Å²) in [4.78, 5) is 13.4. The van der Waals surface area contributed by atoms with Gasteiger partial charge in [0.2, 0.25) is 5.28 Å². The Morgan fingerprint density at radius 1 is 0.528 bits per heavy atom. The van der Waals surface area contributed by atoms with E-state index in [0.29, 0.717) is 11.6 Å². The lowest BCUT2D eigenvalue weighted by molar-refractivity contribution is 0.669. The lowest BCUT2D eigenvalue weighted by atomic mass is 9.93. The molecule has 7 rings (SSSR count). The fraction of sp³-hybridized carbons (Fsp3) is 0. The minimum atomic E-state index is 0.170. The monoisotopic (exact) mass is 483 g/mol. The van der Waals surface area contributed by atoms with Gasteiger partial charge in [0.05, 0.1) is 0 Å². The summed E-state index contributed by atoms with van der Waals surface area (Å²) in [5, 5.41) is 4.71. The van der Waals surface area contributed by atoms with E-state index in [4.69, 9.17) is 16.0 Å². The fourth-order valence-corrected chi connectivity index (χ4v) is 4.99. The van der Waals surface area contributed by atoms with Gasteiger partial charge < -0.3 is 4.42 Å². The molecule has 0 amide bonds. The molecule has 0 radical (unpaired) electrons. The Bertz CT molecular complexity index is 1890. The number of furan rings is 1. The number of hydrogen-bond donors (Lipinski definition) is 0. The highest BCUT2D eigenvalue weighted by Crippen LogP contribution is 2.42. The maximum Gasteiger partial charge on any atom is 0.226 e. The normalized spacial score (nSPS) is 11.5. The van der Waals surface area contributed by atoms with Crippen molar-refractivity contribution in [3.63, 3.8) is 0 Å². The molecule has 0 aliphatic carbocycles. The number of aromatic nitrogens is 3. The fourth-order valence-electron chi connectivity index (χ4n) is 4.83. The van der Waals surface area contributed by atoms with Crippen LogP contribution in [0.25, 0.3) is 66.6 Å². The van der Waals surface area contributed by atoms with Crippen molar-refractivity contribution < 1.29 is 4.42 Å². The molecule has 0 unspecified atom stereocenters. The first-order chi connectivity index (χ1) is 17.7. The van der Waals surface area contributed by atoms with Gasteiger partial charge in [-0.1, -0.05) is 97.1 Å². The van der Waals surface area contributed by atoms with Gasteiger partial charge in [-0.3, -0.25) is 0 Å². The Kier molecular flexibility index (Phi) is 4.79. The van der Waals surface area contributed by atoms with Crippen LogP contribution >= 0.6 is 11.6 Å². The minimum Gasteiger partial charge on any atom is -0.456 e. The Balaban J connectivity index is 1.41. The molecule has 0 spiro atoms. The topological polar surface area (TPSA) is 51.8 Å².